The SMILES string of the molecule is Cc1cc(CO)cc2c1OCCCO2. The predicted octanol–water partition coefficient (Wildman–Crippen LogP) is 1.65. The highest BCUT2D eigenvalue weighted by Gasteiger charge is 2.13. The number of aryl methyl sites for hydroxylation is 1. The molecule has 0 fully saturated rings. The van der Waals surface area contributed by atoms with Crippen molar-refractivity contribution in [1.82, 2.24) is 0 Å². The maximum atomic E-state index is 9.04. The summed E-state index contributed by atoms with van der Waals surface area (Å²) in [7, 11) is 0. The lowest BCUT2D eigenvalue weighted by Gasteiger charge is -2.11. The zero-order valence-electron chi connectivity index (χ0n) is 8.25. The molecule has 2 rings (SSSR count). The summed E-state index contributed by atoms with van der Waals surface area (Å²) < 4.78 is 11.1. The number of aliphatic hydroxyl groups is 1. The van der Waals surface area contributed by atoms with Crippen molar-refractivity contribution >= 4 is 0 Å². The Bertz CT molecular complexity index is 334. The van der Waals surface area contributed by atoms with Crippen LogP contribution in [0.3, 0.4) is 0 Å². The van der Waals surface area contributed by atoms with Gasteiger partial charge in [0.15, 0.2) is 11.5 Å². The van der Waals surface area contributed by atoms with Crippen LogP contribution in [0.25, 0.3) is 0 Å². The molecule has 0 saturated carbocycles. The second-order valence-corrected chi connectivity index (χ2v) is 3.45. The Morgan fingerprint density at radius 1 is 1.29 bits per heavy atom. The fourth-order valence-electron chi connectivity index (χ4n) is 1.61. The van der Waals surface area contributed by atoms with Crippen LogP contribution in [0.2, 0.25) is 0 Å². The van der Waals surface area contributed by atoms with E-state index in [-0.39, 0.29) is 6.61 Å². The number of benzene rings is 1. The van der Waals surface area contributed by atoms with E-state index in [2.05, 4.69) is 0 Å². The van der Waals surface area contributed by atoms with Crippen LogP contribution in [0, 0.1) is 6.92 Å². The summed E-state index contributed by atoms with van der Waals surface area (Å²) in [4.78, 5) is 0. The molecule has 1 aliphatic rings. The van der Waals surface area contributed by atoms with E-state index >= 15 is 0 Å². The van der Waals surface area contributed by atoms with Gasteiger partial charge in [-0.25, -0.2) is 0 Å². The molecule has 0 unspecified atom stereocenters. The summed E-state index contributed by atoms with van der Waals surface area (Å²) in [5.74, 6) is 1.58. The van der Waals surface area contributed by atoms with Crippen molar-refractivity contribution in [2.24, 2.45) is 0 Å². The van der Waals surface area contributed by atoms with Crippen molar-refractivity contribution in [3.63, 3.8) is 0 Å². The van der Waals surface area contributed by atoms with Gasteiger partial charge in [-0.15, -0.1) is 0 Å². The molecule has 0 bridgehead atoms. The number of fused-ring (bicyclic) bond motifs is 1. The Morgan fingerprint density at radius 2 is 2.07 bits per heavy atom. The minimum Gasteiger partial charge on any atom is -0.490 e. The van der Waals surface area contributed by atoms with Gasteiger partial charge in [0.1, 0.15) is 0 Å². The monoisotopic (exact) mass is 194 g/mol. The largest absolute Gasteiger partial charge is 0.490 e. The first-order valence-corrected chi connectivity index (χ1v) is 4.81. The summed E-state index contributed by atoms with van der Waals surface area (Å²) in [5, 5.41) is 9.04. The third-order valence-corrected chi connectivity index (χ3v) is 2.28. The highest BCUT2D eigenvalue weighted by Crippen LogP contribution is 2.34. The van der Waals surface area contributed by atoms with Gasteiger partial charge in [0.25, 0.3) is 0 Å². The first kappa shape index (κ1) is 9.34. The molecule has 1 N–H and O–H groups in total. The molecule has 76 valence electrons. The van der Waals surface area contributed by atoms with Crippen molar-refractivity contribution in [2.75, 3.05) is 13.2 Å². The smallest absolute Gasteiger partial charge is 0.164 e. The lowest BCUT2D eigenvalue weighted by atomic mass is 10.1. The highest BCUT2D eigenvalue weighted by atomic mass is 16.5. The standard InChI is InChI=1S/C11H14O3/c1-8-5-9(7-12)6-10-11(8)14-4-2-3-13-10/h5-6,12H,2-4,7H2,1H3. The molecule has 0 aromatic heterocycles. The minimum absolute atomic E-state index is 0.0392. The summed E-state index contributed by atoms with van der Waals surface area (Å²) >= 11 is 0. The van der Waals surface area contributed by atoms with Crippen molar-refractivity contribution in [3.8, 4) is 11.5 Å². The van der Waals surface area contributed by atoms with Crippen LogP contribution in [0.4, 0.5) is 0 Å². The second-order valence-electron chi connectivity index (χ2n) is 3.45. The fourth-order valence-corrected chi connectivity index (χ4v) is 1.61. The van der Waals surface area contributed by atoms with E-state index in [4.69, 9.17) is 14.6 Å². The van der Waals surface area contributed by atoms with E-state index in [9.17, 15) is 0 Å². The van der Waals surface area contributed by atoms with Crippen LogP contribution in [0.5, 0.6) is 11.5 Å². The van der Waals surface area contributed by atoms with E-state index in [1.807, 2.05) is 19.1 Å². The molecule has 0 saturated heterocycles. The first-order valence-electron chi connectivity index (χ1n) is 4.81. The molecule has 0 radical (unpaired) electrons. The highest BCUT2D eigenvalue weighted by molar-refractivity contribution is 5.49. The third kappa shape index (κ3) is 1.68. The maximum absolute atomic E-state index is 9.04. The number of aliphatic hydroxyl groups excluding tert-OH is 1. The van der Waals surface area contributed by atoms with Gasteiger partial charge in [-0.2, -0.15) is 0 Å². The molecule has 0 amide bonds. The molecule has 14 heavy (non-hydrogen) atoms. The minimum atomic E-state index is 0.0392. The summed E-state index contributed by atoms with van der Waals surface area (Å²) in [6.07, 6.45) is 0.905. The number of ether oxygens (including phenoxy) is 2. The topological polar surface area (TPSA) is 38.7 Å². The summed E-state index contributed by atoms with van der Waals surface area (Å²) in [6, 6.07) is 3.77. The van der Waals surface area contributed by atoms with Gasteiger partial charge < -0.3 is 14.6 Å². The quantitative estimate of drug-likeness (QED) is 0.738. The maximum Gasteiger partial charge on any atom is 0.164 e. The summed E-state index contributed by atoms with van der Waals surface area (Å²) in [5.41, 5.74) is 1.89. The van der Waals surface area contributed by atoms with E-state index in [1.165, 1.54) is 0 Å². The van der Waals surface area contributed by atoms with E-state index < -0.39 is 0 Å². The van der Waals surface area contributed by atoms with Crippen LogP contribution in [-0.2, 0) is 6.61 Å². The van der Waals surface area contributed by atoms with Crippen LogP contribution >= 0.6 is 0 Å². The Morgan fingerprint density at radius 3 is 2.86 bits per heavy atom. The van der Waals surface area contributed by atoms with E-state index in [0.717, 1.165) is 29.0 Å². The normalized spacial score (nSPS) is 15.0. The third-order valence-electron chi connectivity index (χ3n) is 2.28. The average Bonchev–Trinajstić information content (AvgIpc) is 2.42. The molecule has 0 atom stereocenters. The molecule has 1 aromatic rings. The van der Waals surface area contributed by atoms with Gasteiger partial charge in [0.05, 0.1) is 19.8 Å². The summed E-state index contributed by atoms with van der Waals surface area (Å²) in [6.45, 7) is 3.39. The van der Waals surface area contributed by atoms with Gasteiger partial charge in [-0.05, 0) is 30.2 Å². The number of hydrogen-bond donors (Lipinski definition) is 1. The fraction of sp³-hybridized carbons (Fsp3) is 0.455. The van der Waals surface area contributed by atoms with Gasteiger partial charge in [-0.1, -0.05) is 0 Å². The average molecular weight is 194 g/mol. The molecule has 3 heteroatoms. The number of hydrogen-bond acceptors (Lipinski definition) is 3. The van der Waals surface area contributed by atoms with Crippen LogP contribution in [-0.4, -0.2) is 18.3 Å². The Balaban J connectivity index is 2.43. The molecule has 1 heterocycles. The van der Waals surface area contributed by atoms with Crippen LogP contribution in [0.15, 0.2) is 12.1 Å². The Labute approximate surface area is 83.3 Å². The predicted molar refractivity (Wildman–Crippen MR) is 52.7 cm³/mol. The lowest BCUT2D eigenvalue weighted by molar-refractivity contribution is 0.279. The van der Waals surface area contributed by atoms with Gasteiger partial charge >= 0.3 is 0 Å². The molecule has 0 aliphatic carbocycles. The van der Waals surface area contributed by atoms with Crippen molar-refractivity contribution in [3.05, 3.63) is 23.3 Å². The first-order chi connectivity index (χ1) is 6.81. The zero-order chi connectivity index (χ0) is 9.97. The molecule has 0 spiro atoms. The molecular weight excluding hydrogens is 180 g/mol. The Kier molecular flexibility index (Phi) is 2.59. The second kappa shape index (κ2) is 3.88. The molecular formula is C11H14O3. The molecule has 1 aromatic carbocycles. The van der Waals surface area contributed by atoms with Crippen LogP contribution < -0.4 is 9.47 Å². The van der Waals surface area contributed by atoms with Crippen molar-refractivity contribution in [2.45, 2.75) is 20.0 Å². The van der Waals surface area contributed by atoms with Crippen LogP contribution in [0.1, 0.15) is 17.5 Å². The number of rotatable bonds is 1. The molecule has 1 aliphatic heterocycles. The Hall–Kier alpha value is -1.22. The van der Waals surface area contributed by atoms with E-state index in [0.29, 0.717) is 13.2 Å². The van der Waals surface area contributed by atoms with Crippen molar-refractivity contribution < 1.29 is 14.6 Å². The van der Waals surface area contributed by atoms with Gasteiger partial charge in [-0.3, -0.25) is 0 Å². The zero-order valence-corrected chi connectivity index (χ0v) is 8.25. The lowest BCUT2D eigenvalue weighted by Crippen LogP contribution is -1.97. The van der Waals surface area contributed by atoms with E-state index in [1.54, 1.807) is 0 Å². The molecule has 3 nitrogen and oxygen atoms in total. The van der Waals surface area contributed by atoms with Crippen molar-refractivity contribution in [1.29, 1.82) is 0 Å². The van der Waals surface area contributed by atoms with Gasteiger partial charge in [0.2, 0.25) is 0 Å². The van der Waals surface area contributed by atoms with Gasteiger partial charge in [0, 0.05) is 6.42 Å².